The van der Waals surface area contributed by atoms with Gasteiger partial charge in [-0.3, -0.25) is 9.97 Å². The number of nitrogens with zero attached hydrogens (tertiary/aromatic N) is 3. The molecule has 326 valence electrons. The molecule has 1 atom stereocenters. The van der Waals surface area contributed by atoms with Gasteiger partial charge in [-0.1, -0.05) is 108 Å². The van der Waals surface area contributed by atoms with Crippen LogP contribution in [-0.4, -0.2) is 39.8 Å². The molecule has 0 saturated heterocycles. The fourth-order valence-electron chi connectivity index (χ4n) is 7.16. The summed E-state index contributed by atoms with van der Waals surface area (Å²) in [5.74, 6) is 0.000997. The summed E-state index contributed by atoms with van der Waals surface area (Å²) >= 11 is 0. The molecule has 2 aromatic heterocycles. The standard InChI is InChI=1S/C50H65N5O6/c1-29(2)25-40-38(27-52-47(57)61-50(12,13)14)43(36-21-17-32(6)18-22-36)44(34(8)54-40)60-46(56)45(49(9,10)11)55-48(58)59-28-39-41(26-30(3)4)53-33(7)37(23-24-51)42(39)35-19-15-31(5)16-20-35/h15-22,29-30,45H,23,25-28H2,1-14H3,(H,52,57)(H,55,58). The monoisotopic (exact) mass is 831 g/mol. The van der Waals surface area contributed by atoms with Gasteiger partial charge in [0.1, 0.15) is 18.2 Å². The molecule has 0 aliphatic rings. The molecule has 0 fully saturated rings. The zero-order chi connectivity index (χ0) is 45.4. The fraction of sp³-hybridized carbons (Fsp3) is 0.480. The number of amides is 2. The number of carbonyl (C=O) groups is 3. The Hall–Kier alpha value is -5.76. The Balaban J connectivity index is 1.75. The number of ether oxygens (including phenoxy) is 3. The van der Waals surface area contributed by atoms with E-state index >= 15 is 0 Å². The summed E-state index contributed by atoms with van der Waals surface area (Å²) in [6.45, 7) is 26.9. The number of nitrogens with one attached hydrogen (secondary N) is 2. The molecular weight excluding hydrogens is 767 g/mol. The highest BCUT2D eigenvalue weighted by Gasteiger charge is 2.37. The molecule has 0 aliphatic heterocycles. The van der Waals surface area contributed by atoms with E-state index in [-0.39, 0.29) is 37.2 Å². The van der Waals surface area contributed by atoms with E-state index < -0.39 is 35.2 Å². The highest BCUT2D eigenvalue weighted by molar-refractivity contribution is 5.87. The minimum Gasteiger partial charge on any atom is -0.445 e. The minimum absolute atomic E-state index is 0.0681. The normalized spacial score (nSPS) is 12.2. The summed E-state index contributed by atoms with van der Waals surface area (Å²) in [4.78, 5) is 51.2. The molecule has 0 spiro atoms. The molecule has 2 amide bonds. The highest BCUT2D eigenvalue weighted by Crippen LogP contribution is 2.39. The van der Waals surface area contributed by atoms with Gasteiger partial charge in [-0.25, -0.2) is 14.4 Å². The lowest BCUT2D eigenvalue weighted by atomic mass is 9.86. The molecule has 61 heavy (non-hydrogen) atoms. The quantitative estimate of drug-likeness (QED) is 0.118. The maximum Gasteiger partial charge on any atom is 0.408 e. The second-order valence-electron chi connectivity index (χ2n) is 18.9. The largest absolute Gasteiger partial charge is 0.445 e. The van der Waals surface area contributed by atoms with Crippen LogP contribution >= 0.6 is 0 Å². The van der Waals surface area contributed by atoms with Gasteiger partial charge in [0, 0.05) is 40.3 Å². The van der Waals surface area contributed by atoms with Crippen LogP contribution in [0.1, 0.15) is 120 Å². The van der Waals surface area contributed by atoms with E-state index in [0.717, 1.165) is 56.0 Å². The third-order valence-electron chi connectivity index (χ3n) is 10.1. The number of alkyl carbamates (subject to hydrolysis) is 2. The van der Waals surface area contributed by atoms with E-state index in [9.17, 15) is 19.6 Å². The topological polar surface area (TPSA) is 153 Å². The number of hydrogen-bond acceptors (Lipinski definition) is 9. The maximum absolute atomic E-state index is 14.5. The Kier molecular flexibility index (Phi) is 15.9. The van der Waals surface area contributed by atoms with Crippen molar-refractivity contribution < 1.29 is 28.6 Å². The average Bonchev–Trinajstić information content (AvgIpc) is 3.14. The number of rotatable bonds is 14. The second-order valence-corrected chi connectivity index (χ2v) is 18.9. The number of benzene rings is 2. The summed E-state index contributed by atoms with van der Waals surface area (Å²) in [5.41, 5.74) is 8.71. The summed E-state index contributed by atoms with van der Waals surface area (Å²) < 4.78 is 17.9. The van der Waals surface area contributed by atoms with Crippen LogP contribution < -0.4 is 15.4 Å². The van der Waals surface area contributed by atoms with E-state index in [2.05, 4.69) is 44.4 Å². The molecule has 1 unspecified atom stereocenters. The van der Waals surface area contributed by atoms with Gasteiger partial charge in [0.2, 0.25) is 0 Å². The third kappa shape index (κ3) is 13.1. The van der Waals surface area contributed by atoms with Crippen LogP contribution in [0.4, 0.5) is 9.59 Å². The van der Waals surface area contributed by atoms with Crippen molar-refractivity contribution in [2.75, 3.05) is 0 Å². The predicted molar refractivity (Wildman–Crippen MR) is 240 cm³/mol. The van der Waals surface area contributed by atoms with E-state index in [1.54, 1.807) is 27.7 Å². The fourth-order valence-corrected chi connectivity index (χ4v) is 7.16. The summed E-state index contributed by atoms with van der Waals surface area (Å²) in [5, 5.41) is 15.6. The summed E-state index contributed by atoms with van der Waals surface area (Å²) in [6, 6.07) is 17.0. The molecule has 4 rings (SSSR count). The van der Waals surface area contributed by atoms with Crippen LogP contribution in [0.3, 0.4) is 0 Å². The number of pyridine rings is 2. The van der Waals surface area contributed by atoms with E-state index in [1.807, 2.05) is 90.1 Å². The van der Waals surface area contributed by atoms with Crippen LogP contribution in [0.2, 0.25) is 0 Å². The van der Waals surface area contributed by atoms with E-state index in [4.69, 9.17) is 24.2 Å². The van der Waals surface area contributed by atoms with Crippen molar-refractivity contribution in [3.8, 4) is 34.1 Å². The van der Waals surface area contributed by atoms with Crippen molar-refractivity contribution in [3.05, 3.63) is 99.1 Å². The first-order valence-corrected chi connectivity index (χ1v) is 21.1. The number of hydrogen-bond donors (Lipinski definition) is 2. The molecule has 0 radical (unpaired) electrons. The average molecular weight is 832 g/mol. The van der Waals surface area contributed by atoms with Crippen molar-refractivity contribution in [1.29, 1.82) is 5.26 Å². The van der Waals surface area contributed by atoms with Gasteiger partial charge in [-0.15, -0.1) is 0 Å². The van der Waals surface area contributed by atoms with E-state index in [0.29, 0.717) is 29.7 Å². The smallest absolute Gasteiger partial charge is 0.408 e. The van der Waals surface area contributed by atoms with Crippen molar-refractivity contribution in [3.63, 3.8) is 0 Å². The van der Waals surface area contributed by atoms with Crippen LogP contribution in [-0.2, 0) is 46.7 Å². The Morgan fingerprint density at radius 1 is 0.705 bits per heavy atom. The van der Waals surface area contributed by atoms with Crippen molar-refractivity contribution in [2.45, 2.75) is 141 Å². The molecule has 0 aliphatic carbocycles. The van der Waals surface area contributed by atoms with Gasteiger partial charge >= 0.3 is 18.2 Å². The lowest BCUT2D eigenvalue weighted by Crippen LogP contribution is -2.51. The number of esters is 1. The Morgan fingerprint density at radius 3 is 1.70 bits per heavy atom. The number of aryl methyl sites for hydroxylation is 4. The van der Waals surface area contributed by atoms with Crippen LogP contribution in [0.5, 0.6) is 5.75 Å². The molecule has 2 N–H and O–H groups in total. The zero-order valence-corrected chi connectivity index (χ0v) is 38.7. The molecule has 2 heterocycles. The van der Waals surface area contributed by atoms with Gasteiger partial charge in [0.15, 0.2) is 5.75 Å². The van der Waals surface area contributed by atoms with Crippen LogP contribution in [0.15, 0.2) is 48.5 Å². The van der Waals surface area contributed by atoms with Gasteiger partial charge in [-0.2, -0.15) is 5.26 Å². The Labute approximate surface area is 363 Å². The molecular formula is C50H65N5O6. The SMILES string of the molecule is Cc1ccc(-c2c(CC#N)c(C)nc(CC(C)C)c2COC(=O)NC(C(=O)Oc2c(C)nc(CC(C)C)c(CNC(=O)OC(C)(C)C)c2-c2ccc(C)cc2)C(C)(C)C)cc1. The summed E-state index contributed by atoms with van der Waals surface area (Å²) in [6.07, 6.45) is -0.0236. The van der Waals surface area contributed by atoms with Gasteiger partial charge in [0.25, 0.3) is 0 Å². The second kappa shape index (κ2) is 20.2. The van der Waals surface area contributed by atoms with Crippen molar-refractivity contribution in [2.24, 2.45) is 17.3 Å². The number of nitriles is 1. The molecule has 0 bridgehead atoms. The Bertz CT molecular complexity index is 2240. The van der Waals surface area contributed by atoms with Gasteiger partial charge < -0.3 is 24.8 Å². The van der Waals surface area contributed by atoms with Crippen molar-refractivity contribution in [1.82, 2.24) is 20.6 Å². The molecule has 11 heteroatoms. The first-order chi connectivity index (χ1) is 28.5. The maximum atomic E-state index is 14.5. The number of carbonyl (C=O) groups excluding carboxylic acids is 3. The first-order valence-electron chi connectivity index (χ1n) is 21.1. The van der Waals surface area contributed by atoms with Crippen LogP contribution in [0.25, 0.3) is 22.3 Å². The summed E-state index contributed by atoms with van der Waals surface area (Å²) in [7, 11) is 0. The molecule has 11 nitrogen and oxygen atoms in total. The van der Waals surface area contributed by atoms with Gasteiger partial charge in [-0.05, 0) is 101 Å². The lowest BCUT2D eigenvalue weighted by molar-refractivity contribution is -0.139. The third-order valence-corrected chi connectivity index (χ3v) is 10.1. The molecule has 0 saturated carbocycles. The zero-order valence-electron chi connectivity index (χ0n) is 38.7. The molecule has 2 aromatic carbocycles. The number of aromatic nitrogens is 2. The highest BCUT2D eigenvalue weighted by atomic mass is 16.6. The molecule has 4 aromatic rings. The Morgan fingerprint density at radius 2 is 1.21 bits per heavy atom. The van der Waals surface area contributed by atoms with Gasteiger partial charge in [0.05, 0.1) is 18.2 Å². The minimum atomic E-state index is -1.15. The van der Waals surface area contributed by atoms with E-state index in [1.165, 1.54) is 0 Å². The van der Waals surface area contributed by atoms with Crippen LogP contribution in [0, 0.1) is 56.3 Å². The first kappa shape index (κ1) is 47.9. The lowest BCUT2D eigenvalue weighted by Gasteiger charge is -2.30. The predicted octanol–water partition coefficient (Wildman–Crippen LogP) is 10.8. The van der Waals surface area contributed by atoms with Crippen molar-refractivity contribution >= 4 is 18.2 Å².